The SMILES string of the molecule is O=S(=O)(N1CCCC1)N1CCc2ncc(C#Cc3ccccc3)cc2C1. The van der Waals surface area contributed by atoms with E-state index in [9.17, 15) is 8.42 Å². The van der Waals surface area contributed by atoms with Crippen LogP contribution in [-0.2, 0) is 23.2 Å². The Morgan fingerprint density at radius 3 is 2.42 bits per heavy atom. The van der Waals surface area contributed by atoms with Gasteiger partial charge in [0.2, 0.25) is 0 Å². The minimum absolute atomic E-state index is 0.377. The van der Waals surface area contributed by atoms with E-state index in [1.54, 1.807) is 14.8 Å². The third-order valence-electron chi connectivity index (χ3n) is 4.85. The summed E-state index contributed by atoms with van der Waals surface area (Å²) in [6, 6.07) is 11.8. The maximum atomic E-state index is 12.8. The van der Waals surface area contributed by atoms with E-state index in [2.05, 4.69) is 16.8 Å². The fourth-order valence-corrected chi connectivity index (χ4v) is 5.08. The number of aromatic nitrogens is 1. The number of hydrogen-bond donors (Lipinski definition) is 0. The molecule has 134 valence electrons. The summed E-state index contributed by atoms with van der Waals surface area (Å²) in [6.07, 6.45) is 4.32. The van der Waals surface area contributed by atoms with Crippen molar-refractivity contribution >= 4 is 10.2 Å². The second-order valence-electron chi connectivity index (χ2n) is 6.64. The van der Waals surface area contributed by atoms with Crippen molar-refractivity contribution in [2.45, 2.75) is 25.8 Å². The van der Waals surface area contributed by atoms with E-state index in [0.29, 0.717) is 32.6 Å². The summed E-state index contributed by atoms with van der Waals surface area (Å²) < 4.78 is 28.8. The first kappa shape index (κ1) is 17.2. The van der Waals surface area contributed by atoms with Crippen molar-refractivity contribution < 1.29 is 8.42 Å². The predicted molar refractivity (Wildman–Crippen MR) is 100 cm³/mol. The smallest absolute Gasteiger partial charge is 0.260 e. The minimum Gasteiger partial charge on any atom is -0.260 e. The van der Waals surface area contributed by atoms with Gasteiger partial charge in [-0.25, -0.2) is 0 Å². The molecule has 1 aromatic heterocycles. The highest BCUT2D eigenvalue weighted by Gasteiger charge is 2.33. The molecule has 26 heavy (non-hydrogen) atoms. The van der Waals surface area contributed by atoms with E-state index in [1.807, 2.05) is 36.4 Å². The molecule has 0 atom stereocenters. The zero-order valence-corrected chi connectivity index (χ0v) is 15.4. The minimum atomic E-state index is -3.37. The summed E-state index contributed by atoms with van der Waals surface area (Å²) in [4.78, 5) is 4.51. The van der Waals surface area contributed by atoms with E-state index in [-0.39, 0.29) is 0 Å². The Labute approximate surface area is 154 Å². The Hall–Kier alpha value is -2.20. The van der Waals surface area contributed by atoms with Crippen molar-refractivity contribution in [3.05, 3.63) is 65.0 Å². The number of hydrogen-bond acceptors (Lipinski definition) is 3. The third-order valence-corrected chi connectivity index (χ3v) is 6.83. The Balaban J connectivity index is 1.56. The van der Waals surface area contributed by atoms with Gasteiger partial charge in [0, 0.05) is 55.6 Å². The monoisotopic (exact) mass is 367 g/mol. The number of fused-ring (bicyclic) bond motifs is 1. The highest BCUT2D eigenvalue weighted by atomic mass is 32.2. The van der Waals surface area contributed by atoms with Gasteiger partial charge in [-0.15, -0.1) is 0 Å². The predicted octanol–water partition coefficient (Wildman–Crippen LogP) is 2.18. The first-order valence-electron chi connectivity index (χ1n) is 8.93. The Morgan fingerprint density at radius 1 is 0.923 bits per heavy atom. The lowest BCUT2D eigenvalue weighted by atomic mass is 10.1. The lowest BCUT2D eigenvalue weighted by Gasteiger charge is -2.30. The zero-order chi connectivity index (χ0) is 18.0. The van der Waals surface area contributed by atoms with E-state index in [1.165, 1.54) is 0 Å². The summed E-state index contributed by atoms with van der Waals surface area (Å²) >= 11 is 0. The van der Waals surface area contributed by atoms with Gasteiger partial charge in [0.15, 0.2) is 0 Å². The van der Waals surface area contributed by atoms with Crippen LogP contribution in [0.15, 0.2) is 42.6 Å². The zero-order valence-electron chi connectivity index (χ0n) is 14.6. The first-order valence-corrected chi connectivity index (χ1v) is 10.3. The summed E-state index contributed by atoms with van der Waals surface area (Å²) in [5.41, 5.74) is 3.69. The van der Waals surface area contributed by atoms with Crippen molar-refractivity contribution in [1.29, 1.82) is 0 Å². The summed E-state index contributed by atoms with van der Waals surface area (Å²) in [7, 11) is -3.37. The first-order chi connectivity index (χ1) is 12.6. The van der Waals surface area contributed by atoms with E-state index >= 15 is 0 Å². The Kier molecular flexibility index (Phi) is 4.77. The van der Waals surface area contributed by atoms with E-state index < -0.39 is 10.2 Å². The van der Waals surface area contributed by atoms with Crippen molar-refractivity contribution in [2.75, 3.05) is 19.6 Å². The summed E-state index contributed by atoms with van der Waals surface area (Å²) in [6.45, 7) is 2.13. The topological polar surface area (TPSA) is 53.5 Å². The molecule has 0 unspecified atom stereocenters. The molecule has 0 bridgehead atoms. The fraction of sp³-hybridized carbons (Fsp3) is 0.350. The van der Waals surface area contributed by atoms with Crippen LogP contribution >= 0.6 is 0 Å². The van der Waals surface area contributed by atoms with Gasteiger partial charge in [0.05, 0.1) is 0 Å². The van der Waals surface area contributed by atoms with Crippen LogP contribution in [-0.4, -0.2) is 41.6 Å². The molecule has 0 saturated carbocycles. The van der Waals surface area contributed by atoms with Gasteiger partial charge in [-0.1, -0.05) is 30.0 Å². The molecule has 1 aromatic carbocycles. The van der Waals surface area contributed by atoms with Crippen molar-refractivity contribution in [3.63, 3.8) is 0 Å². The average Bonchev–Trinajstić information content (AvgIpc) is 3.22. The van der Waals surface area contributed by atoms with Crippen LogP contribution in [0, 0.1) is 11.8 Å². The molecule has 1 fully saturated rings. The molecular weight excluding hydrogens is 346 g/mol. The van der Waals surface area contributed by atoms with Crippen LogP contribution in [0.4, 0.5) is 0 Å². The quantitative estimate of drug-likeness (QED) is 0.765. The van der Waals surface area contributed by atoms with Crippen molar-refractivity contribution in [1.82, 2.24) is 13.6 Å². The van der Waals surface area contributed by atoms with Crippen molar-refractivity contribution in [2.24, 2.45) is 0 Å². The third kappa shape index (κ3) is 3.51. The maximum Gasteiger partial charge on any atom is 0.282 e. The molecule has 2 aliphatic heterocycles. The molecular formula is C20H21N3O2S. The van der Waals surface area contributed by atoms with Gasteiger partial charge in [-0.05, 0) is 36.6 Å². The van der Waals surface area contributed by atoms with Gasteiger partial charge < -0.3 is 0 Å². The van der Waals surface area contributed by atoms with E-state index in [4.69, 9.17) is 0 Å². The molecule has 0 radical (unpaired) electrons. The molecule has 5 nitrogen and oxygen atoms in total. The summed E-state index contributed by atoms with van der Waals surface area (Å²) in [5.74, 6) is 6.25. The molecule has 6 heteroatoms. The number of pyridine rings is 1. The number of rotatable bonds is 2. The highest BCUT2D eigenvalue weighted by molar-refractivity contribution is 7.86. The molecule has 0 aliphatic carbocycles. The number of benzene rings is 1. The standard InChI is InChI=1S/C20H21N3O2S/c24-26(25,22-11-4-5-12-22)23-13-10-20-19(16-23)14-18(15-21-20)9-8-17-6-2-1-3-7-17/h1-3,6-7,14-15H,4-5,10-13,16H2. The molecule has 4 rings (SSSR count). The lowest BCUT2D eigenvalue weighted by Crippen LogP contribution is -2.44. The van der Waals surface area contributed by atoms with Crippen LogP contribution in [0.25, 0.3) is 0 Å². The fourth-order valence-electron chi connectivity index (χ4n) is 3.41. The Bertz CT molecular complexity index is 956. The largest absolute Gasteiger partial charge is 0.282 e. The highest BCUT2D eigenvalue weighted by Crippen LogP contribution is 2.24. The van der Waals surface area contributed by atoms with Crippen LogP contribution in [0.3, 0.4) is 0 Å². The van der Waals surface area contributed by atoms with Gasteiger partial charge in [0.25, 0.3) is 10.2 Å². The average molecular weight is 367 g/mol. The van der Waals surface area contributed by atoms with Crippen molar-refractivity contribution in [3.8, 4) is 11.8 Å². The van der Waals surface area contributed by atoms with Crippen LogP contribution in [0.2, 0.25) is 0 Å². The second-order valence-corrected chi connectivity index (χ2v) is 8.57. The molecule has 0 N–H and O–H groups in total. The molecule has 3 heterocycles. The van der Waals surface area contributed by atoms with E-state index in [0.717, 1.165) is 35.2 Å². The maximum absolute atomic E-state index is 12.8. The lowest BCUT2D eigenvalue weighted by molar-refractivity contribution is 0.343. The molecule has 2 aliphatic rings. The second kappa shape index (κ2) is 7.20. The van der Waals surface area contributed by atoms with Crippen LogP contribution in [0.1, 0.15) is 35.2 Å². The van der Waals surface area contributed by atoms with Gasteiger partial charge in [-0.2, -0.15) is 17.0 Å². The molecule has 0 spiro atoms. The molecule has 1 saturated heterocycles. The van der Waals surface area contributed by atoms with Gasteiger partial charge in [-0.3, -0.25) is 4.98 Å². The van der Waals surface area contributed by atoms with Gasteiger partial charge >= 0.3 is 0 Å². The normalized spacial score (nSPS) is 18.2. The molecule has 0 amide bonds. The summed E-state index contributed by atoms with van der Waals surface area (Å²) in [5, 5.41) is 0. The van der Waals surface area contributed by atoms with Crippen LogP contribution < -0.4 is 0 Å². The number of nitrogens with zero attached hydrogens (tertiary/aromatic N) is 3. The van der Waals surface area contributed by atoms with Gasteiger partial charge in [0.1, 0.15) is 0 Å². The molecule has 2 aromatic rings. The Morgan fingerprint density at radius 2 is 1.65 bits per heavy atom. The van der Waals surface area contributed by atoms with Crippen LogP contribution in [0.5, 0.6) is 0 Å².